The predicted molar refractivity (Wildman–Crippen MR) is 159 cm³/mol. The van der Waals surface area contributed by atoms with Crippen molar-refractivity contribution in [2.24, 2.45) is 0 Å². The minimum atomic E-state index is -0.321. The van der Waals surface area contributed by atoms with Crippen LogP contribution in [0.1, 0.15) is 23.8 Å². The zero-order chi connectivity index (χ0) is 28.0. The minimum absolute atomic E-state index is 0.0359. The molecule has 210 valence electrons. The zero-order valence-corrected chi connectivity index (χ0v) is 25.1. The van der Waals surface area contributed by atoms with E-state index in [1.807, 2.05) is 71.8 Å². The Hall–Kier alpha value is -3.08. The Kier molecular flexibility index (Phi) is 12.6. The number of anilines is 1. The van der Waals surface area contributed by atoms with Crippen LogP contribution in [0.2, 0.25) is 0 Å². The smallest absolute Gasteiger partial charge is 0.322 e. The van der Waals surface area contributed by atoms with Gasteiger partial charge in [-0.3, -0.25) is 4.79 Å². The average Bonchev–Trinajstić information content (AvgIpc) is 3.46. The van der Waals surface area contributed by atoms with Gasteiger partial charge >= 0.3 is 6.03 Å². The Balaban J connectivity index is 1.73. The van der Waals surface area contributed by atoms with E-state index < -0.39 is 0 Å². The molecule has 8 nitrogen and oxygen atoms in total. The van der Waals surface area contributed by atoms with E-state index in [0.29, 0.717) is 62.9 Å². The monoisotopic (exact) mass is 617 g/mol. The van der Waals surface area contributed by atoms with Gasteiger partial charge in [0.15, 0.2) is 11.5 Å². The van der Waals surface area contributed by atoms with E-state index in [4.69, 9.17) is 14.2 Å². The van der Waals surface area contributed by atoms with E-state index in [2.05, 4.69) is 21.2 Å². The Labute approximate surface area is 243 Å². The molecule has 0 fully saturated rings. The normalized spacial score (nSPS) is 10.7. The number of carbonyl (C=O) groups excluding carboxylic acids is 2. The van der Waals surface area contributed by atoms with Crippen LogP contribution in [0, 0.1) is 0 Å². The summed E-state index contributed by atoms with van der Waals surface area (Å²) in [6.07, 6.45) is 1.26. The van der Waals surface area contributed by atoms with E-state index in [1.54, 1.807) is 30.5 Å². The zero-order valence-electron chi connectivity index (χ0n) is 22.7. The van der Waals surface area contributed by atoms with Crippen LogP contribution in [0.5, 0.6) is 11.5 Å². The minimum Gasteiger partial charge on any atom is -0.493 e. The summed E-state index contributed by atoms with van der Waals surface area (Å²) < 4.78 is 17.2. The largest absolute Gasteiger partial charge is 0.493 e. The summed E-state index contributed by atoms with van der Waals surface area (Å²) >= 11 is 5.01. The maximum Gasteiger partial charge on any atom is 0.322 e. The van der Waals surface area contributed by atoms with Gasteiger partial charge in [0, 0.05) is 41.3 Å². The first-order valence-corrected chi connectivity index (χ1v) is 14.5. The Bertz CT molecular complexity index is 1170. The molecule has 0 saturated carbocycles. The van der Waals surface area contributed by atoms with Crippen molar-refractivity contribution in [1.82, 2.24) is 9.80 Å². The number of benzene rings is 2. The van der Waals surface area contributed by atoms with Crippen molar-refractivity contribution in [2.75, 3.05) is 52.4 Å². The van der Waals surface area contributed by atoms with Crippen molar-refractivity contribution in [3.8, 4) is 11.5 Å². The molecule has 3 amide bonds. The van der Waals surface area contributed by atoms with Gasteiger partial charge in [-0.15, -0.1) is 11.3 Å². The molecular weight excluding hydrogens is 582 g/mol. The van der Waals surface area contributed by atoms with E-state index in [9.17, 15) is 9.59 Å². The number of ether oxygens (including phenoxy) is 3. The summed E-state index contributed by atoms with van der Waals surface area (Å²) in [7, 11) is 3.21. The lowest BCUT2D eigenvalue weighted by molar-refractivity contribution is -0.132. The summed E-state index contributed by atoms with van der Waals surface area (Å²) in [5, 5.41) is 4.91. The lowest BCUT2D eigenvalue weighted by Gasteiger charge is -2.28. The molecule has 39 heavy (non-hydrogen) atoms. The van der Waals surface area contributed by atoms with Crippen LogP contribution in [0.25, 0.3) is 0 Å². The second-order valence-electron chi connectivity index (χ2n) is 8.74. The van der Waals surface area contributed by atoms with Crippen molar-refractivity contribution in [3.05, 3.63) is 74.9 Å². The van der Waals surface area contributed by atoms with Gasteiger partial charge in [-0.25, -0.2) is 4.79 Å². The third-order valence-corrected chi connectivity index (χ3v) is 7.42. The predicted octanol–water partition coefficient (Wildman–Crippen LogP) is 6.06. The fourth-order valence-electron chi connectivity index (χ4n) is 3.94. The molecule has 0 radical (unpaired) electrons. The van der Waals surface area contributed by atoms with E-state index in [-0.39, 0.29) is 18.5 Å². The van der Waals surface area contributed by atoms with Gasteiger partial charge < -0.3 is 29.3 Å². The van der Waals surface area contributed by atoms with Gasteiger partial charge in [0.05, 0.1) is 20.8 Å². The van der Waals surface area contributed by atoms with Crippen molar-refractivity contribution in [2.45, 2.75) is 26.3 Å². The first-order chi connectivity index (χ1) is 18.9. The van der Waals surface area contributed by atoms with Gasteiger partial charge in [-0.1, -0.05) is 28.1 Å². The van der Waals surface area contributed by atoms with Crippen LogP contribution in [0.3, 0.4) is 0 Å². The highest BCUT2D eigenvalue weighted by Gasteiger charge is 2.22. The number of nitrogens with one attached hydrogen (secondary N) is 1. The quantitative estimate of drug-likeness (QED) is 0.210. The fourth-order valence-corrected chi connectivity index (χ4v) is 4.92. The number of halogens is 1. The van der Waals surface area contributed by atoms with Crippen molar-refractivity contribution < 1.29 is 23.8 Å². The molecule has 1 heterocycles. The molecule has 0 saturated heterocycles. The van der Waals surface area contributed by atoms with Crippen molar-refractivity contribution in [3.63, 3.8) is 0 Å². The molecule has 1 N–H and O–H groups in total. The van der Waals surface area contributed by atoms with Crippen LogP contribution in [-0.2, 0) is 22.5 Å². The highest BCUT2D eigenvalue weighted by Crippen LogP contribution is 2.28. The van der Waals surface area contributed by atoms with Gasteiger partial charge in [-0.05, 0) is 73.2 Å². The summed E-state index contributed by atoms with van der Waals surface area (Å²) in [6, 6.07) is 16.8. The molecule has 0 unspecified atom stereocenters. The van der Waals surface area contributed by atoms with E-state index >= 15 is 0 Å². The number of thiophene rings is 1. The molecule has 0 aliphatic carbocycles. The number of hydrogen-bond acceptors (Lipinski definition) is 6. The number of nitrogens with zero attached hydrogens (tertiary/aromatic N) is 2. The Morgan fingerprint density at radius 3 is 2.41 bits per heavy atom. The summed E-state index contributed by atoms with van der Waals surface area (Å²) in [5.41, 5.74) is 1.69. The second kappa shape index (κ2) is 16.1. The standard InChI is InChI=1S/C29H36BrN3O5S/c1-4-38-17-6-15-33(29(35)31-24-11-9-23(30)10-12-24)21-28(34)32(20-25-7-5-18-39-25)16-14-22-8-13-26(36-2)27(19-22)37-3/h5,7-13,18-19H,4,6,14-17,20-21H2,1-3H3,(H,31,35). The number of rotatable bonds is 15. The van der Waals surface area contributed by atoms with Gasteiger partial charge in [0.1, 0.15) is 6.54 Å². The number of urea groups is 1. The highest BCUT2D eigenvalue weighted by molar-refractivity contribution is 9.10. The second-order valence-corrected chi connectivity index (χ2v) is 10.7. The summed E-state index contributed by atoms with van der Waals surface area (Å²) in [6.45, 7) is 4.39. The van der Waals surface area contributed by atoms with Crippen LogP contribution in [0.15, 0.2) is 64.5 Å². The van der Waals surface area contributed by atoms with Gasteiger partial charge in [0.2, 0.25) is 5.91 Å². The van der Waals surface area contributed by atoms with Crippen LogP contribution in [-0.4, -0.2) is 68.8 Å². The summed E-state index contributed by atoms with van der Waals surface area (Å²) in [4.78, 5) is 31.3. The third kappa shape index (κ3) is 9.87. The molecule has 3 aromatic rings. The molecule has 0 bridgehead atoms. The molecule has 1 aromatic heterocycles. The number of carbonyl (C=O) groups is 2. The SMILES string of the molecule is CCOCCCN(CC(=O)N(CCc1ccc(OC)c(OC)c1)Cc1cccs1)C(=O)Nc1ccc(Br)cc1. The Morgan fingerprint density at radius 2 is 1.74 bits per heavy atom. The number of hydrogen-bond donors (Lipinski definition) is 1. The van der Waals surface area contributed by atoms with Crippen molar-refractivity contribution in [1.29, 1.82) is 0 Å². The molecule has 0 spiro atoms. The first kappa shape index (κ1) is 30.5. The van der Waals surface area contributed by atoms with E-state index in [0.717, 1.165) is 14.9 Å². The maximum absolute atomic E-state index is 13.6. The maximum atomic E-state index is 13.6. The van der Waals surface area contributed by atoms with Crippen LogP contribution < -0.4 is 14.8 Å². The fraction of sp³-hybridized carbons (Fsp3) is 0.379. The lowest BCUT2D eigenvalue weighted by atomic mass is 10.1. The molecule has 3 rings (SSSR count). The van der Waals surface area contributed by atoms with Gasteiger partial charge in [-0.2, -0.15) is 0 Å². The molecular formula is C29H36BrN3O5S. The summed E-state index contributed by atoms with van der Waals surface area (Å²) in [5.74, 6) is 1.19. The number of methoxy groups -OCH3 is 2. The highest BCUT2D eigenvalue weighted by atomic mass is 79.9. The molecule has 0 atom stereocenters. The third-order valence-electron chi connectivity index (χ3n) is 6.03. The molecule has 0 aliphatic rings. The first-order valence-electron chi connectivity index (χ1n) is 12.8. The number of amides is 3. The lowest BCUT2D eigenvalue weighted by Crippen LogP contribution is -2.45. The molecule has 2 aromatic carbocycles. The van der Waals surface area contributed by atoms with Gasteiger partial charge in [0.25, 0.3) is 0 Å². The molecule has 0 aliphatic heterocycles. The van der Waals surface area contributed by atoms with Crippen molar-refractivity contribution >= 4 is 44.9 Å². The average molecular weight is 619 g/mol. The van der Waals surface area contributed by atoms with E-state index in [1.165, 1.54) is 0 Å². The Morgan fingerprint density at radius 1 is 0.974 bits per heavy atom. The van der Waals surface area contributed by atoms with Crippen LogP contribution in [0.4, 0.5) is 10.5 Å². The van der Waals surface area contributed by atoms with Crippen LogP contribution >= 0.6 is 27.3 Å². The molecule has 10 heteroatoms. The topological polar surface area (TPSA) is 80.3 Å².